The zero-order valence-corrected chi connectivity index (χ0v) is 7.40. The SMILES string of the molecule is C1=Cc2cc3c(cc2=C1)CSC=3. The molecule has 0 nitrogen and oxygen atoms in total. The Hall–Kier alpha value is -0.950. The Morgan fingerprint density at radius 2 is 2.17 bits per heavy atom. The van der Waals surface area contributed by atoms with Gasteiger partial charge in [-0.1, -0.05) is 18.2 Å². The standard InChI is InChI=1S/C11H8S/c1-2-8-4-10-6-12-7-11(10)5-9(8)3-1/h1-6H,7H2. The number of fused-ring (bicyclic) bond motifs is 2. The van der Waals surface area contributed by atoms with Crippen LogP contribution in [0.15, 0.2) is 18.2 Å². The molecule has 0 saturated heterocycles. The molecule has 0 spiro atoms. The Morgan fingerprint density at radius 3 is 3.17 bits per heavy atom. The molecule has 0 radical (unpaired) electrons. The predicted molar refractivity (Wildman–Crippen MR) is 55.0 cm³/mol. The summed E-state index contributed by atoms with van der Waals surface area (Å²) in [5, 5.41) is 5.05. The van der Waals surface area contributed by atoms with E-state index in [1.807, 2.05) is 11.8 Å². The molecule has 0 saturated carbocycles. The molecule has 3 rings (SSSR count). The molecule has 0 bridgehead atoms. The topological polar surface area (TPSA) is 0 Å². The van der Waals surface area contributed by atoms with Gasteiger partial charge in [-0.25, -0.2) is 0 Å². The van der Waals surface area contributed by atoms with Crippen molar-refractivity contribution in [3.63, 3.8) is 0 Å². The smallest absolute Gasteiger partial charge is 0.0232 e. The van der Waals surface area contributed by atoms with Crippen LogP contribution in [0.1, 0.15) is 11.1 Å². The third kappa shape index (κ3) is 0.802. The first-order valence-corrected chi connectivity index (χ1v) is 5.11. The van der Waals surface area contributed by atoms with E-state index in [9.17, 15) is 0 Å². The summed E-state index contributed by atoms with van der Waals surface area (Å²) in [5.74, 6) is 1.15. The number of hydrogen-bond donors (Lipinski definition) is 0. The number of thioether (sulfide) groups is 1. The fourth-order valence-electron chi connectivity index (χ4n) is 1.70. The summed E-state index contributed by atoms with van der Waals surface area (Å²) in [6, 6.07) is 4.59. The van der Waals surface area contributed by atoms with Gasteiger partial charge in [-0.15, -0.1) is 11.8 Å². The number of rotatable bonds is 0. The van der Waals surface area contributed by atoms with E-state index in [0.29, 0.717) is 0 Å². The largest absolute Gasteiger partial charge is 0.129 e. The lowest BCUT2D eigenvalue weighted by molar-refractivity contribution is 1.36. The van der Waals surface area contributed by atoms with E-state index >= 15 is 0 Å². The molecule has 1 aromatic carbocycles. The highest BCUT2D eigenvalue weighted by Gasteiger charge is 2.05. The van der Waals surface area contributed by atoms with Gasteiger partial charge in [0.2, 0.25) is 0 Å². The molecule has 0 atom stereocenters. The van der Waals surface area contributed by atoms with Gasteiger partial charge in [0.05, 0.1) is 0 Å². The number of hydrogen-bond acceptors (Lipinski definition) is 1. The highest BCUT2D eigenvalue weighted by atomic mass is 32.2. The average Bonchev–Trinajstić information content (AvgIpc) is 2.64. The maximum atomic E-state index is 2.31. The molecule has 0 N–H and O–H groups in total. The van der Waals surface area contributed by atoms with Gasteiger partial charge in [0.15, 0.2) is 0 Å². The maximum absolute atomic E-state index is 2.31. The molecular weight excluding hydrogens is 164 g/mol. The van der Waals surface area contributed by atoms with Crippen LogP contribution in [0.5, 0.6) is 0 Å². The second-order valence-corrected chi connectivity index (χ2v) is 3.99. The van der Waals surface area contributed by atoms with Crippen LogP contribution in [0.3, 0.4) is 0 Å². The molecule has 0 fully saturated rings. The van der Waals surface area contributed by atoms with Crippen molar-refractivity contribution in [1.29, 1.82) is 0 Å². The van der Waals surface area contributed by atoms with Crippen LogP contribution in [-0.2, 0) is 5.75 Å². The van der Waals surface area contributed by atoms with Gasteiger partial charge in [-0.3, -0.25) is 0 Å². The van der Waals surface area contributed by atoms with E-state index in [1.165, 1.54) is 21.6 Å². The van der Waals surface area contributed by atoms with Crippen LogP contribution in [-0.4, -0.2) is 0 Å². The van der Waals surface area contributed by atoms with Crippen molar-refractivity contribution in [2.45, 2.75) is 5.75 Å². The Balaban J connectivity index is 2.45. The Kier molecular flexibility index (Phi) is 1.24. The first-order chi connectivity index (χ1) is 5.93. The molecule has 1 aliphatic heterocycles. The van der Waals surface area contributed by atoms with Gasteiger partial charge in [0.1, 0.15) is 0 Å². The highest BCUT2D eigenvalue weighted by molar-refractivity contribution is 8.06. The third-order valence-corrected chi connectivity index (χ3v) is 3.24. The van der Waals surface area contributed by atoms with Crippen LogP contribution in [0.4, 0.5) is 0 Å². The van der Waals surface area contributed by atoms with Crippen LogP contribution in [0.2, 0.25) is 0 Å². The minimum Gasteiger partial charge on any atom is -0.129 e. The molecule has 58 valence electrons. The highest BCUT2D eigenvalue weighted by Crippen LogP contribution is 2.16. The van der Waals surface area contributed by atoms with E-state index in [4.69, 9.17) is 0 Å². The van der Waals surface area contributed by atoms with Crippen LogP contribution >= 0.6 is 11.8 Å². The van der Waals surface area contributed by atoms with Crippen molar-refractivity contribution < 1.29 is 0 Å². The Morgan fingerprint density at radius 1 is 1.17 bits per heavy atom. The van der Waals surface area contributed by atoms with Crippen molar-refractivity contribution in [3.8, 4) is 0 Å². The van der Waals surface area contributed by atoms with Crippen molar-refractivity contribution in [1.82, 2.24) is 0 Å². The third-order valence-electron chi connectivity index (χ3n) is 2.35. The first kappa shape index (κ1) is 6.55. The predicted octanol–water partition coefficient (Wildman–Crippen LogP) is 1.48. The molecule has 2 aliphatic rings. The van der Waals surface area contributed by atoms with Crippen molar-refractivity contribution in [3.05, 3.63) is 39.8 Å². The van der Waals surface area contributed by atoms with Gasteiger partial charge >= 0.3 is 0 Å². The quantitative estimate of drug-likeness (QED) is 0.571. The molecule has 1 aliphatic carbocycles. The molecule has 1 heteroatoms. The summed E-state index contributed by atoms with van der Waals surface area (Å²) in [5.41, 5.74) is 2.85. The summed E-state index contributed by atoms with van der Waals surface area (Å²) < 4.78 is 0. The zero-order chi connectivity index (χ0) is 7.97. The Labute approximate surface area is 75.3 Å². The van der Waals surface area contributed by atoms with Crippen molar-refractivity contribution in [2.75, 3.05) is 0 Å². The second-order valence-electron chi connectivity index (χ2n) is 3.13. The van der Waals surface area contributed by atoms with Gasteiger partial charge in [-0.2, -0.15) is 0 Å². The lowest BCUT2D eigenvalue weighted by Crippen LogP contribution is -2.13. The molecule has 1 aromatic rings. The summed E-state index contributed by atoms with van der Waals surface area (Å²) in [6.07, 6.45) is 6.47. The first-order valence-electron chi connectivity index (χ1n) is 4.07. The van der Waals surface area contributed by atoms with E-state index < -0.39 is 0 Å². The van der Waals surface area contributed by atoms with Crippen LogP contribution in [0, 0.1) is 0 Å². The fraction of sp³-hybridized carbons (Fsp3) is 0.0909. The van der Waals surface area contributed by atoms with Crippen molar-refractivity contribution >= 4 is 29.3 Å². The molecular formula is C11H8S. The monoisotopic (exact) mass is 172 g/mol. The minimum atomic E-state index is 1.15. The maximum Gasteiger partial charge on any atom is 0.0232 e. The van der Waals surface area contributed by atoms with E-state index in [2.05, 4.69) is 35.8 Å². The lowest BCUT2D eigenvalue weighted by atomic mass is 10.1. The summed E-state index contributed by atoms with van der Waals surface area (Å²) in [6.45, 7) is 0. The van der Waals surface area contributed by atoms with Gasteiger partial charge in [-0.05, 0) is 39.1 Å². The van der Waals surface area contributed by atoms with Gasteiger partial charge in [0, 0.05) is 5.75 Å². The summed E-state index contributed by atoms with van der Waals surface area (Å²) in [7, 11) is 0. The lowest BCUT2D eigenvalue weighted by Gasteiger charge is -1.95. The minimum absolute atomic E-state index is 1.15. The van der Waals surface area contributed by atoms with Crippen LogP contribution in [0.25, 0.3) is 17.6 Å². The molecule has 0 unspecified atom stereocenters. The molecule has 12 heavy (non-hydrogen) atoms. The van der Waals surface area contributed by atoms with E-state index in [1.54, 1.807) is 0 Å². The molecule has 0 aromatic heterocycles. The van der Waals surface area contributed by atoms with Crippen LogP contribution < -0.4 is 10.4 Å². The molecule has 1 heterocycles. The summed E-state index contributed by atoms with van der Waals surface area (Å²) in [4.78, 5) is 0. The van der Waals surface area contributed by atoms with Crippen molar-refractivity contribution in [2.24, 2.45) is 0 Å². The number of allylic oxidation sites excluding steroid dienone is 1. The summed E-state index contributed by atoms with van der Waals surface area (Å²) >= 11 is 1.89. The zero-order valence-electron chi connectivity index (χ0n) is 6.58. The fourth-order valence-corrected chi connectivity index (χ4v) is 2.61. The van der Waals surface area contributed by atoms with E-state index in [-0.39, 0.29) is 0 Å². The van der Waals surface area contributed by atoms with Gasteiger partial charge < -0.3 is 0 Å². The second kappa shape index (κ2) is 2.27. The normalized spacial score (nSPS) is 16.7. The number of benzene rings is 1. The average molecular weight is 172 g/mol. The molecule has 0 amide bonds. The van der Waals surface area contributed by atoms with Gasteiger partial charge in [0.25, 0.3) is 0 Å². The van der Waals surface area contributed by atoms with E-state index in [0.717, 1.165) is 5.75 Å². The Bertz CT molecular complexity index is 480.